The number of guanidine groups is 2. The van der Waals surface area contributed by atoms with Crippen LogP contribution in [0.1, 0.15) is 45.4 Å². The number of carboxylic acids is 1. The number of carbonyl (C=O) groups excluding carboxylic acids is 3. The molecule has 1 heterocycles. The lowest BCUT2D eigenvalue weighted by Gasteiger charge is -2.25. The lowest BCUT2D eigenvalue weighted by atomic mass is 10.1. The van der Waals surface area contributed by atoms with Gasteiger partial charge in [0.05, 0.1) is 12.1 Å². The predicted molar refractivity (Wildman–Crippen MR) is 136 cm³/mol. The Morgan fingerprint density at radius 1 is 0.919 bits per heavy atom. The third-order valence-corrected chi connectivity index (χ3v) is 5.58. The van der Waals surface area contributed by atoms with Gasteiger partial charge in [0, 0.05) is 13.1 Å². The molecule has 16 heteroatoms. The molecule has 1 saturated heterocycles. The van der Waals surface area contributed by atoms with Crippen LogP contribution in [-0.2, 0) is 19.2 Å². The van der Waals surface area contributed by atoms with E-state index >= 15 is 0 Å². The summed E-state index contributed by atoms with van der Waals surface area (Å²) in [6.07, 6.45) is 0.926. The maximum Gasteiger partial charge on any atom is 0.328 e. The molecule has 0 spiro atoms. The van der Waals surface area contributed by atoms with Gasteiger partial charge in [0.25, 0.3) is 0 Å². The van der Waals surface area contributed by atoms with Gasteiger partial charge in [0.1, 0.15) is 12.1 Å². The molecule has 210 valence electrons. The Kier molecular flexibility index (Phi) is 13.7. The highest BCUT2D eigenvalue weighted by Crippen LogP contribution is 2.08. The predicted octanol–water partition coefficient (Wildman–Crippen LogP) is -4.23. The first-order valence-corrected chi connectivity index (χ1v) is 12.1. The number of aliphatic hydroxyl groups is 1. The normalized spacial score (nSPS) is 17.9. The van der Waals surface area contributed by atoms with Crippen molar-refractivity contribution in [2.45, 2.75) is 75.7 Å². The van der Waals surface area contributed by atoms with Crippen molar-refractivity contribution in [2.24, 2.45) is 32.9 Å². The molecule has 1 aliphatic rings. The zero-order valence-corrected chi connectivity index (χ0v) is 21.0. The SMILES string of the molecule is C[C@@H](O)[C@H](NC(=O)[C@H](CCCN=C(N)N)NC(=O)[C@H](CCCN=C(N)N)NC(=O)[C@@H]1CCCN1)C(=O)O. The number of carboxylic acid groups (broad SMARTS) is 1. The van der Waals surface area contributed by atoms with E-state index in [0.29, 0.717) is 19.4 Å². The molecule has 0 aromatic rings. The molecule has 37 heavy (non-hydrogen) atoms. The summed E-state index contributed by atoms with van der Waals surface area (Å²) in [5.74, 6) is -3.52. The Bertz CT molecular complexity index is 836. The number of nitrogens with zero attached hydrogens (tertiary/aromatic N) is 2. The number of aliphatic imine (C=N–C) groups is 2. The Labute approximate surface area is 215 Å². The molecule has 3 amide bonds. The van der Waals surface area contributed by atoms with E-state index in [1.54, 1.807) is 0 Å². The minimum absolute atomic E-state index is 0.0549. The second-order valence-corrected chi connectivity index (χ2v) is 8.73. The van der Waals surface area contributed by atoms with Gasteiger partial charge in [0.15, 0.2) is 18.0 Å². The van der Waals surface area contributed by atoms with E-state index in [9.17, 15) is 29.4 Å². The molecule has 5 atom stereocenters. The average molecular weight is 529 g/mol. The van der Waals surface area contributed by atoms with Crippen molar-refractivity contribution in [2.75, 3.05) is 19.6 Å². The molecule has 0 aromatic carbocycles. The number of hydrogen-bond acceptors (Lipinski definition) is 8. The molecule has 0 radical (unpaired) electrons. The van der Waals surface area contributed by atoms with Crippen molar-refractivity contribution in [1.82, 2.24) is 21.3 Å². The van der Waals surface area contributed by atoms with E-state index in [1.807, 2.05) is 0 Å². The lowest BCUT2D eigenvalue weighted by molar-refractivity contribution is -0.145. The molecule has 1 rings (SSSR count). The van der Waals surface area contributed by atoms with Gasteiger partial charge in [-0.15, -0.1) is 0 Å². The van der Waals surface area contributed by atoms with E-state index in [2.05, 4.69) is 31.3 Å². The van der Waals surface area contributed by atoms with Gasteiger partial charge in [-0.1, -0.05) is 0 Å². The zero-order chi connectivity index (χ0) is 28.0. The Morgan fingerprint density at radius 2 is 1.43 bits per heavy atom. The minimum Gasteiger partial charge on any atom is -0.480 e. The van der Waals surface area contributed by atoms with Gasteiger partial charge in [0.2, 0.25) is 17.7 Å². The van der Waals surface area contributed by atoms with Crippen LogP contribution in [0, 0.1) is 0 Å². The molecule has 1 aliphatic heterocycles. The van der Waals surface area contributed by atoms with Crippen LogP contribution >= 0.6 is 0 Å². The maximum absolute atomic E-state index is 13.2. The second kappa shape index (κ2) is 16.2. The second-order valence-electron chi connectivity index (χ2n) is 8.73. The van der Waals surface area contributed by atoms with E-state index in [-0.39, 0.29) is 50.2 Å². The molecular weight excluding hydrogens is 488 g/mol. The summed E-state index contributed by atoms with van der Waals surface area (Å²) in [6, 6.07) is -4.23. The van der Waals surface area contributed by atoms with Crippen LogP contribution in [0.2, 0.25) is 0 Å². The topological polar surface area (TPSA) is 286 Å². The van der Waals surface area contributed by atoms with Crippen molar-refractivity contribution < 1.29 is 29.4 Å². The van der Waals surface area contributed by atoms with Crippen molar-refractivity contribution >= 4 is 35.6 Å². The highest BCUT2D eigenvalue weighted by atomic mass is 16.4. The average Bonchev–Trinajstić information content (AvgIpc) is 3.35. The number of amides is 3. The first kappa shape index (κ1) is 31.4. The molecular formula is C21H40N10O6. The summed E-state index contributed by atoms with van der Waals surface area (Å²) in [4.78, 5) is 57.9. The molecule has 16 nitrogen and oxygen atoms in total. The number of hydrogen-bond donors (Lipinski definition) is 10. The lowest BCUT2D eigenvalue weighted by Crippen LogP contribution is -2.58. The summed E-state index contributed by atoms with van der Waals surface area (Å²) in [7, 11) is 0. The van der Waals surface area contributed by atoms with Crippen molar-refractivity contribution in [1.29, 1.82) is 0 Å². The van der Waals surface area contributed by atoms with Crippen LogP contribution in [0.4, 0.5) is 0 Å². The number of nitrogens with two attached hydrogens (primary N) is 4. The first-order valence-electron chi connectivity index (χ1n) is 12.1. The Hall–Kier alpha value is -3.66. The number of nitrogens with one attached hydrogen (secondary N) is 4. The molecule has 0 aromatic heterocycles. The van der Waals surface area contributed by atoms with Crippen LogP contribution in [0.5, 0.6) is 0 Å². The molecule has 0 unspecified atom stereocenters. The summed E-state index contributed by atoms with van der Waals surface area (Å²) >= 11 is 0. The van der Waals surface area contributed by atoms with Gasteiger partial charge in [-0.3, -0.25) is 24.4 Å². The summed E-state index contributed by atoms with van der Waals surface area (Å²) in [5, 5.41) is 29.6. The third-order valence-electron chi connectivity index (χ3n) is 5.58. The number of carbonyl (C=O) groups is 4. The van der Waals surface area contributed by atoms with Gasteiger partial charge in [-0.2, -0.15) is 0 Å². The van der Waals surface area contributed by atoms with Crippen LogP contribution in [0.25, 0.3) is 0 Å². The Morgan fingerprint density at radius 3 is 1.86 bits per heavy atom. The highest BCUT2D eigenvalue weighted by molar-refractivity contribution is 5.94. The molecule has 0 saturated carbocycles. The quantitative estimate of drug-likeness (QED) is 0.0520. The van der Waals surface area contributed by atoms with Crippen LogP contribution in [0.15, 0.2) is 9.98 Å². The molecule has 1 fully saturated rings. The smallest absolute Gasteiger partial charge is 0.328 e. The van der Waals surface area contributed by atoms with Crippen molar-refractivity contribution in [3.05, 3.63) is 0 Å². The standard InChI is InChI=1S/C21H40N10O6/c1-11(32)15(19(36)37)31-18(35)14(7-4-10-28-21(24)25)30-17(34)13(6-3-9-27-20(22)23)29-16(33)12-5-2-8-26-12/h11-15,26,32H,2-10H2,1H3,(H,29,33)(H,30,34)(H,31,35)(H,36,37)(H4,22,23,27)(H4,24,25,28)/t11-,12+,13+,14+,15+/m1/s1. The van der Waals surface area contributed by atoms with E-state index in [4.69, 9.17) is 22.9 Å². The van der Waals surface area contributed by atoms with Crippen molar-refractivity contribution in [3.8, 4) is 0 Å². The van der Waals surface area contributed by atoms with Crippen LogP contribution < -0.4 is 44.2 Å². The maximum atomic E-state index is 13.2. The number of rotatable bonds is 16. The highest BCUT2D eigenvalue weighted by Gasteiger charge is 2.32. The third kappa shape index (κ3) is 12.2. The first-order chi connectivity index (χ1) is 17.4. The monoisotopic (exact) mass is 528 g/mol. The van der Waals surface area contributed by atoms with E-state index < -0.39 is 48.1 Å². The zero-order valence-electron chi connectivity index (χ0n) is 21.0. The van der Waals surface area contributed by atoms with Crippen LogP contribution in [-0.4, -0.2) is 95.7 Å². The molecule has 0 aliphatic carbocycles. The van der Waals surface area contributed by atoms with E-state index in [1.165, 1.54) is 6.92 Å². The fraction of sp³-hybridized carbons (Fsp3) is 0.714. The van der Waals surface area contributed by atoms with Gasteiger partial charge in [-0.25, -0.2) is 4.79 Å². The fourth-order valence-corrected chi connectivity index (χ4v) is 3.64. The molecule has 0 bridgehead atoms. The minimum atomic E-state index is -1.59. The van der Waals surface area contributed by atoms with Gasteiger partial charge < -0.3 is 54.4 Å². The van der Waals surface area contributed by atoms with Crippen molar-refractivity contribution in [3.63, 3.8) is 0 Å². The molecule has 14 N–H and O–H groups in total. The van der Waals surface area contributed by atoms with Gasteiger partial charge >= 0.3 is 5.97 Å². The summed E-state index contributed by atoms with van der Waals surface area (Å²) in [5.41, 5.74) is 21.3. The summed E-state index contributed by atoms with van der Waals surface area (Å²) < 4.78 is 0. The summed E-state index contributed by atoms with van der Waals surface area (Å²) in [6.45, 7) is 2.28. The van der Waals surface area contributed by atoms with Gasteiger partial charge in [-0.05, 0) is 52.0 Å². The number of aliphatic hydroxyl groups excluding tert-OH is 1. The van der Waals surface area contributed by atoms with Crippen LogP contribution in [0.3, 0.4) is 0 Å². The van der Waals surface area contributed by atoms with E-state index in [0.717, 1.165) is 6.42 Å². The fourth-order valence-electron chi connectivity index (χ4n) is 3.64. The number of aliphatic carboxylic acids is 1. The largest absolute Gasteiger partial charge is 0.480 e. The Balaban J connectivity index is 3.00.